The normalized spacial score (nSPS) is 18.0. The Morgan fingerprint density at radius 3 is 2.50 bits per heavy atom. The summed E-state index contributed by atoms with van der Waals surface area (Å²) in [6, 6.07) is 5.43. The number of benzene rings is 1. The summed E-state index contributed by atoms with van der Waals surface area (Å²) in [4.78, 5) is 28.6. The molecule has 1 fully saturated rings. The first-order chi connectivity index (χ1) is 10.1. The summed E-state index contributed by atoms with van der Waals surface area (Å²) in [5, 5.41) is 0.424. The van der Waals surface area contributed by atoms with Crippen LogP contribution in [0.1, 0.15) is 38.1 Å². The SMILES string of the molecule is CC(C)N1C(=O)CN(C(=O)c2ccc(I)cc2Cl)CC1(C)C. The first-order valence-corrected chi connectivity index (χ1v) is 8.65. The van der Waals surface area contributed by atoms with Gasteiger partial charge in [-0.25, -0.2) is 0 Å². The van der Waals surface area contributed by atoms with Crippen molar-refractivity contribution in [2.45, 2.75) is 39.3 Å². The minimum Gasteiger partial charge on any atom is -0.332 e. The van der Waals surface area contributed by atoms with E-state index in [2.05, 4.69) is 22.6 Å². The zero-order valence-corrected chi connectivity index (χ0v) is 16.1. The maximum Gasteiger partial charge on any atom is 0.255 e. The van der Waals surface area contributed by atoms with Crippen molar-refractivity contribution >= 4 is 46.0 Å². The van der Waals surface area contributed by atoms with Crippen molar-refractivity contribution in [3.8, 4) is 0 Å². The van der Waals surface area contributed by atoms with Gasteiger partial charge in [-0.3, -0.25) is 9.59 Å². The van der Waals surface area contributed by atoms with Crippen LogP contribution < -0.4 is 0 Å². The molecule has 1 aromatic carbocycles. The zero-order valence-electron chi connectivity index (χ0n) is 13.2. The van der Waals surface area contributed by atoms with E-state index in [4.69, 9.17) is 11.6 Å². The Hall–Kier alpha value is -0.820. The van der Waals surface area contributed by atoms with E-state index in [-0.39, 0.29) is 24.4 Å². The van der Waals surface area contributed by atoms with E-state index in [0.29, 0.717) is 17.1 Å². The second-order valence-corrected chi connectivity index (χ2v) is 8.11. The molecule has 120 valence electrons. The molecule has 2 amide bonds. The molecule has 0 saturated carbocycles. The van der Waals surface area contributed by atoms with Crippen LogP contribution in [0.2, 0.25) is 5.02 Å². The fraction of sp³-hybridized carbons (Fsp3) is 0.500. The quantitative estimate of drug-likeness (QED) is 0.669. The van der Waals surface area contributed by atoms with Crippen LogP contribution in [0.5, 0.6) is 0 Å². The van der Waals surface area contributed by atoms with Crippen molar-refractivity contribution in [3.63, 3.8) is 0 Å². The van der Waals surface area contributed by atoms with Gasteiger partial charge in [-0.05, 0) is 68.5 Å². The number of hydrogen-bond donors (Lipinski definition) is 0. The molecule has 1 heterocycles. The molecule has 0 radical (unpaired) electrons. The van der Waals surface area contributed by atoms with Crippen molar-refractivity contribution in [2.75, 3.05) is 13.1 Å². The number of hydrogen-bond acceptors (Lipinski definition) is 2. The predicted octanol–water partition coefficient (Wildman–Crippen LogP) is 3.42. The second kappa shape index (κ2) is 6.35. The first-order valence-electron chi connectivity index (χ1n) is 7.20. The molecular weight excluding hydrogens is 415 g/mol. The highest BCUT2D eigenvalue weighted by Crippen LogP contribution is 2.27. The second-order valence-electron chi connectivity index (χ2n) is 6.46. The third kappa shape index (κ3) is 3.40. The van der Waals surface area contributed by atoms with Crippen molar-refractivity contribution < 1.29 is 9.59 Å². The molecule has 4 nitrogen and oxygen atoms in total. The summed E-state index contributed by atoms with van der Waals surface area (Å²) >= 11 is 8.33. The average Bonchev–Trinajstić information content (AvgIpc) is 2.35. The van der Waals surface area contributed by atoms with E-state index in [9.17, 15) is 9.59 Å². The van der Waals surface area contributed by atoms with Gasteiger partial charge in [-0.1, -0.05) is 11.6 Å². The number of carbonyl (C=O) groups is 2. The molecule has 2 rings (SSSR count). The number of amides is 2. The lowest BCUT2D eigenvalue weighted by Gasteiger charge is -2.48. The molecule has 1 saturated heterocycles. The molecule has 0 unspecified atom stereocenters. The number of rotatable bonds is 2. The lowest BCUT2D eigenvalue weighted by Crippen LogP contribution is -2.64. The highest BCUT2D eigenvalue weighted by Gasteiger charge is 2.41. The minimum atomic E-state index is -0.394. The van der Waals surface area contributed by atoms with E-state index < -0.39 is 5.54 Å². The highest BCUT2D eigenvalue weighted by atomic mass is 127. The summed E-state index contributed by atoms with van der Waals surface area (Å²) in [7, 11) is 0. The molecule has 6 heteroatoms. The first kappa shape index (κ1) is 17.5. The van der Waals surface area contributed by atoms with Gasteiger partial charge in [-0.2, -0.15) is 0 Å². The van der Waals surface area contributed by atoms with Crippen molar-refractivity contribution in [2.24, 2.45) is 0 Å². The Morgan fingerprint density at radius 1 is 1.36 bits per heavy atom. The number of nitrogens with zero attached hydrogens (tertiary/aromatic N) is 2. The maximum absolute atomic E-state index is 12.7. The van der Waals surface area contributed by atoms with Crippen molar-refractivity contribution in [1.29, 1.82) is 0 Å². The zero-order chi connectivity index (χ0) is 16.7. The van der Waals surface area contributed by atoms with Crippen LogP contribution in [-0.4, -0.2) is 46.3 Å². The summed E-state index contributed by atoms with van der Waals surface area (Å²) in [5.74, 6) is -0.215. The molecular formula is C16H20ClIN2O2. The van der Waals surface area contributed by atoms with Gasteiger partial charge in [0.05, 0.1) is 16.1 Å². The van der Waals surface area contributed by atoms with Gasteiger partial charge in [0.25, 0.3) is 5.91 Å². The molecule has 0 atom stereocenters. The van der Waals surface area contributed by atoms with Gasteiger partial charge in [0.1, 0.15) is 6.54 Å². The third-order valence-electron chi connectivity index (χ3n) is 3.79. The molecule has 1 aliphatic heterocycles. The molecule has 0 aliphatic carbocycles. The smallest absolute Gasteiger partial charge is 0.255 e. The van der Waals surface area contributed by atoms with Crippen LogP contribution in [0, 0.1) is 3.57 Å². The predicted molar refractivity (Wildman–Crippen MR) is 96.1 cm³/mol. The van der Waals surface area contributed by atoms with Gasteiger partial charge >= 0.3 is 0 Å². The minimum absolute atomic E-state index is 0.0266. The summed E-state index contributed by atoms with van der Waals surface area (Å²) in [6.07, 6.45) is 0. The van der Waals surface area contributed by atoms with Crippen LogP contribution in [0.25, 0.3) is 0 Å². The lowest BCUT2D eigenvalue weighted by molar-refractivity contribution is -0.146. The standard InChI is InChI=1S/C16H20ClIN2O2/c1-10(2)20-14(21)8-19(9-16(20,3)4)15(22)12-6-5-11(18)7-13(12)17/h5-7,10H,8-9H2,1-4H3. The summed E-state index contributed by atoms with van der Waals surface area (Å²) in [5.41, 5.74) is 0.0538. The van der Waals surface area contributed by atoms with Gasteiger partial charge < -0.3 is 9.80 Å². The van der Waals surface area contributed by atoms with Gasteiger partial charge in [-0.15, -0.1) is 0 Å². The molecule has 0 spiro atoms. The average molecular weight is 435 g/mol. The molecule has 0 aromatic heterocycles. The van der Waals surface area contributed by atoms with Crippen LogP contribution in [0.4, 0.5) is 0 Å². The molecule has 0 bridgehead atoms. The van der Waals surface area contributed by atoms with Crippen LogP contribution >= 0.6 is 34.2 Å². The Balaban J connectivity index is 2.27. The third-order valence-corrected chi connectivity index (χ3v) is 4.77. The molecule has 0 N–H and O–H groups in total. The lowest BCUT2D eigenvalue weighted by atomic mass is 9.96. The van der Waals surface area contributed by atoms with Gasteiger partial charge in [0.15, 0.2) is 0 Å². The Kier molecular flexibility index (Phi) is 5.06. The van der Waals surface area contributed by atoms with E-state index in [1.54, 1.807) is 17.0 Å². The number of halogens is 2. The fourth-order valence-electron chi connectivity index (χ4n) is 3.14. The highest BCUT2D eigenvalue weighted by molar-refractivity contribution is 14.1. The summed E-state index contributed by atoms with van der Waals surface area (Å²) < 4.78 is 0.972. The monoisotopic (exact) mass is 434 g/mol. The maximum atomic E-state index is 12.7. The number of piperazine rings is 1. The summed E-state index contributed by atoms with van der Waals surface area (Å²) in [6.45, 7) is 8.56. The molecule has 1 aromatic rings. The Labute approximate surface area is 149 Å². The van der Waals surface area contributed by atoms with Crippen LogP contribution in [0.3, 0.4) is 0 Å². The van der Waals surface area contributed by atoms with Crippen molar-refractivity contribution in [3.05, 3.63) is 32.4 Å². The molecule has 1 aliphatic rings. The fourth-order valence-corrected chi connectivity index (χ4v) is 4.08. The van der Waals surface area contributed by atoms with E-state index in [1.807, 2.05) is 38.7 Å². The Morgan fingerprint density at radius 2 is 2.00 bits per heavy atom. The topological polar surface area (TPSA) is 40.6 Å². The largest absolute Gasteiger partial charge is 0.332 e. The van der Waals surface area contributed by atoms with Crippen LogP contribution in [0.15, 0.2) is 18.2 Å². The van der Waals surface area contributed by atoms with E-state index >= 15 is 0 Å². The van der Waals surface area contributed by atoms with Crippen molar-refractivity contribution in [1.82, 2.24) is 9.80 Å². The van der Waals surface area contributed by atoms with Gasteiger partial charge in [0.2, 0.25) is 5.91 Å². The van der Waals surface area contributed by atoms with Crippen LogP contribution in [-0.2, 0) is 4.79 Å². The number of carbonyl (C=O) groups excluding carboxylic acids is 2. The Bertz CT molecular complexity index is 616. The van der Waals surface area contributed by atoms with E-state index in [1.165, 1.54) is 0 Å². The van der Waals surface area contributed by atoms with E-state index in [0.717, 1.165) is 3.57 Å². The molecule has 22 heavy (non-hydrogen) atoms. The van der Waals surface area contributed by atoms with Gasteiger partial charge in [0, 0.05) is 16.2 Å².